The van der Waals surface area contributed by atoms with E-state index in [0.717, 1.165) is 11.3 Å². The molecule has 0 atom stereocenters. The molecule has 2 aromatic carbocycles. The van der Waals surface area contributed by atoms with E-state index >= 15 is 0 Å². The van der Waals surface area contributed by atoms with Crippen molar-refractivity contribution in [2.75, 3.05) is 18.5 Å². The third-order valence-corrected chi connectivity index (χ3v) is 5.02. The average Bonchev–Trinajstić information content (AvgIpc) is 3.22. The largest absolute Gasteiger partial charge is 0.486 e. The van der Waals surface area contributed by atoms with Gasteiger partial charge in [-0.1, -0.05) is 30.3 Å². The summed E-state index contributed by atoms with van der Waals surface area (Å²) in [6, 6.07) is 17.0. The smallest absolute Gasteiger partial charge is 0.256 e. The molecule has 150 valence electrons. The topological polar surface area (TPSA) is 78.3 Å². The summed E-state index contributed by atoms with van der Waals surface area (Å²) in [5.41, 5.74) is 3.51. The van der Waals surface area contributed by atoms with Crippen LogP contribution >= 0.6 is 0 Å². The van der Waals surface area contributed by atoms with Crippen molar-refractivity contribution in [1.29, 1.82) is 0 Å². The first-order chi connectivity index (χ1) is 14.7. The van der Waals surface area contributed by atoms with Crippen molar-refractivity contribution in [3.8, 4) is 22.8 Å². The molecule has 30 heavy (non-hydrogen) atoms. The van der Waals surface area contributed by atoms with Crippen LogP contribution in [-0.4, -0.2) is 33.9 Å². The minimum absolute atomic E-state index is 0.230. The summed E-state index contributed by atoms with van der Waals surface area (Å²) in [5.74, 6) is 1.08. The van der Waals surface area contributed by atoms with Crippen molar-refractivity contribution in [2.24, 2.45) is 0 Å². The number of anilines is 1. The predicted octanol–water partition coefficient (Wildman–Crippen LogP) is 4.14. The van der Waals surface area contributed by atoms with Gasteiger partial charge in [0.05, 0.1) is 22.8 Å². The summed E-state index contributed by atoms with van der Waals surface area (Å²) in [7, 11) is 0. The van der Waals surface area contributed by atoms with E-state index in [0.29, 0.717) is 53.5 Å². The van der Waals surface area contributed by atoms with Crippen LogP contribution < -0.4 is 14.8 Å². The molecule has 0 spiro atoms. The van der Waals surface area contributed by atoms with Crippen molar-refractivity contribution in [3.05, 3.63) is 66.4 Å². The Hall–Kier alpha value is -3.87. The summed E-state index contributed by atoms with van der Waals surface area (Å²) >= 11 is 0. The number of nitrogens with one attached hydrogen (secondary N) is 1. The number of aromatic nitrogens is 3. The molecule has 0 fully saturated rings. The third kappa shape index (κ3) is 3.24. The maximum atomic E-state index is 13.2. The molecule has 1 N–H and O–H groups in total. The number of rotatable bonds is 4. The van der Waals surface area contributed by atoms with E-state index in [1.165, 1.54) is 0 Å². The summed E-state index contributed by atoms with van der Waals surface area (Å²) in [5, 5.41) is 8.08. The van der Waals surface area contributed by atoms with E-state index in [1.54, 1.807) is 29.1 Å². The van der Waals surface area contributed by atoms with Crippen LogP contribution in [0.3, 0.4) is 0 Å². The van der Waals surface area contributed by atoms with Gasteiger partial charge in [0.1, 0.15) is 13.2 Å². The summed E-state index contributed by atoms with van der Waals surface area (Å²) in [6.07, 6.45) is 1.69. The van der Waals surface area contributed by atoms with E-state index in [1.807, 2.05) is 43.3 Å². The van der Waals surface area contributed by atoms with Gasteiger partial charge in [0.2, 0.25) is 0 Å². The van der Waals surface area contributed by atoms with Gasteiger partial charge < -0.3 is 14.8 Å². The van der Waals surface area contributed by atoms with E-state index in [4.69, 9.17) is 14.5 Å². The van der Waals surface area contributed by atoms with Gasteiger partial charge in [-0.15, -0.1) is 0 Å². The van der Waals surface area contributed by atoms with Crippen LogP contribution in [0.2, 0.25) is 0 Å². The molecule has 1 aliphatic heterocycles. The van der Waals surface area contributed by atoms with E-state index in [-0.39, 0.29) is 5.91 Å². The number of pyridine rings is 1. The normalized spacial score (nSPS) is 12.7. The van der Waals surface area contributed by atoms with Gasteiger partial charge in [0.25, 0.3) is 5.91 Å². The average molecular weight is 400 g/mol. The molecular weight excluding hydrogens is 380 g/mol. The lowest BCUT2D eigenvalue weighted by molar-refractivity contribution is 0.102. The number of nitrogens with zero attached hydrogens (tertiary/aromatic N) is 3. The molecule has 1 amide bonds. The molecule has 3 heterocycles. The number of aryl methyl sites for hydroxylation is 1. The molecule has 0 unspecified atom stereocenters. The number of amides is 1. The number of hydrogen-bond acceptors (Lipinski definition) is 5. The van der Waals surface area contributed by atoms with Crippen LogP contribution in [0.25, 0.3) is 22.3 Å². The Kier molecular flexibility index (Phi) is 4.55. The number of carbonyl (C=O) groups is 1. The molecule has 7 heteroatoms. The fourth-order valence-electron chi connectivity index (χ4n) is 3.54. The van der Waals surface area contributed by atoms with Crippen LogP contribution in [0.4, 0.5) is 5.69 Å². The Morgan fingerprint density at radius 1 is 1.07 bits per heavy atom. The van der Waals surface area contributed by atoms with Crippen molar-refractivity contribution in [2.45, 2.75) is 13.5 Å². The summed E-state index contributed by atoms with van der Waals surface area (Å²) in [6.45, 7) is 3.68. The summed E-state index contributed by atoms with van der Waals surface area (Å²) in [4.78, 5) is 18.0. The van der Waals surface area contributed by atoms with Gasteiger partial charge in [0, 0.05) is 23.9 Å². The van der Waals surface area contributed by atoms with E-state index in [2.05, 4.69) is 10.4 Å². The van der Waals surface area contributed by atoms with Crippen molar-refractivity contribution >= 4 is 22.6 Å². The number of carbonyl (C=O) groups excluding carboxylic acids is 1. The monoisotopic (exact) mass is 400 g/mol. The molecule has 2 aromatic heterocycles. The van der Waals surface area contributed by atoms with Gasteiger partial charge in [-0.05, 0) is 25.1 Å². The molecule has 4 aromatic rings. The fourth-order valence-corrected chi connectivity index (χ4v) is 3.54. The molecular formula is C23H20N4O3. The highest BCUT2D eigenvalue weighted by Crippen LogP contribution is 2.33. The second kappa shape index (κ2) is 7.51. The standard InChI is InChI=1S/C23H20N4O3/c1-2-27-22-18(14-24-27)17(13-19(26-22)15-6-4-3-5-7-15)23(28)25-16-8-9-20-21(12-16)30-11-10-29-20/h3-9,12-14H,2,10-11H2,1H3,(H,25,28). The van der Waals surface area contributed by atoms with Gasteiger partial charge in [-0.3, -0.25) is 4.79 Å². The van der Waals surface area contributed by atoms with Crippen LogP contribution in [0.15, 0.2) is 60.8 Å². The Balaban J connectivity index is 1.55. The molecule has 0 saturated carbocycles. The Morgan fingerprint density at radius 3 is 2.67 bits per heavy atom. The van der Waals surface area contributed by atoms with Crippen LogP contribution in [0, 0.1) is 0 Å². The highest BCUT2D eigenvalue weighted by Gasteiger charge is 2.19. The minimum atomic E-state index is -0.230. The predicted molar refractivity (Wildman–Crippen MR) is 114 cm³/mol. The second-order valence-corrected chi connectivity index (χ2v) is 6.93. The lowest BCUT2D eigenvalue weighted by Gasteiger charge is -2.19. The number of ether oxygens (including phenoxy) is 2. The van der Waals surface area contributed by atoms with E-state index < -0.39 is 0 Å². The molecule has 0 radical (unpaired) electrons. The highest BCUT2D eigenvalue weighted by atomic mass is 16.6. The zero-order chi connectivity index (χ0) is 20.5. The first kappa shape index (κ1) is 18.2. The van der Waals surface area contributed by atoms with Crippen molar-refractivity contribution in [1.82, 2.24) is 14.8 Å². The zero-order valence-corrected chi connectivity index (χ0v) is 16.5. The highest BCUT2D eigenvalue weighted by molar-refractivity contribution is 6.12. The quantitative estimate of drug-likeness (QED) is 0.557. The molecule has 0 saturated heterocycles. The molecule has 7 nitrogen and oxygen atoms in total. The molecule has 0 aliphatic carbocycles. The van der Waals surface area contributed by atoms with Gasteiger partial charge in [-0.25, -0.2) is 9.67 Å². The molecule has 0 bridgehead atoms. The van der Waals surface area contributed by atoms with Crippen molar-refractivity contribution in [3.63, 3.8) is 0 Å². The van der Waals surface area contributed by atoms with Gasteiger partial charge >= 0.3 is 0 Å². The van der Waals surface area contributed by atoms with Crippen LogP contribution in [0.5, 0.6) is 11.5 Å². The van der Waals surface area contributed by atoms with Gasteiger partial charge in [0.15, 0.2) is 17.1 Å². The van der Waals surface area contributed by atoms with Crippen LogP contribution in [0.1, 0.15) is 17.3 Å². The first-order valence-electron chi connectivity index (χ1n) is 9.86. The summed E-state index contributed by atoms with van der Waals surface area (Å²) < 4.78 is 13.0. The third-order valence-electron chi connectivity index (χ3n) is 5.02. The molecule has 1 aliphatic rings. The Bertz CT molecular complexity index is 1230. The maximum Gasteiger partial charge on any atom is 0.256 e. The zero-order valence-electron chi connectivity index (χ0n) is 16.5. The van der Waals surface area contributed by atoms with Crippen molar-refractivity contribution < 1.29 is 14.3 Å². The number of hydrogen-bond donors (Lipinski definition) is 1. The lowest BCUT2D eigenvalue weighted by Crippen LogP contribution is -2.16. The SMILES string of the molecule is CCn1ncc2c(C(=O)Nc3ccc4c(c3)OCCO4)cc(-c3ccccc3)nc21. The number of benzene rings is 2. The molecule has 5 rings (SSSR count). The van der Waals surface area contributed by atoms with Crippen LogP contribution in [-0.2, 0) is 6.54 Å². The second-order valence-electron chi connectivity index (χ2n) is 6.93. The maximum absolute atomic E-state index is 13.2. The van der Waals surface area contributed by atoms with E-state index in [9.17, 15) is 4.79 Å². The van der Waals surface area contributed by atoms with Gasteiger partial charge in [-0.2, -0.15) is 5.10 Å². The number of fused-ring (bicyclic) bond motifs is 2. The fraction of sp³-hybridized carbons (Fsp3) is 0.174. The minimum Gasteiger partial charge on any atom is -0.486 e. The Labute approximate surface area is 173 Å². The first-order valence-corrected chi connectivity index (χ1v) is 9.86. The Morgan fingerprint density at radius 2 is 1.87 bits per heavy atom. The lowest BCUT2D eigenvalue weighted by atomic mass is 10.1.